The summed E-state index contributed by atoms with van der Waals surface area (Å²) in [7, 11) is 0. The van der Waals surface area contributed by atoms with Gasteiger partial charge in [-0.2, -0.15) is 0 Å². The van der Waals surface area contributed by atoms with Gasteiger partial charge in [0.25, 0.3) is 0 Å². The highest BCUT2D eigenvalue weighted by Crippen LogP contribution is 2.41. The summed E-state index contributed by atoms with van der Waals surface area (Å²) in [6.45, 7) is 8.61. The lowest BCUT2D eigenvalue weighted by Crippen LogP contribution is -2.29. The van der Waals surface area contributed by atoms with Crippen molar-refractivity contribution in [1.82, 2.24) is 0 Å². The summed E-state index contributed by atoms with van der Waals surface area (Å²) in [5.41, 5.74) is 2.70. The van der Waals surface area contributed by atoms with Crippen molar-refractivity contribution in [3.05, 3.63) is 89.5 Å². The van der Waals surface area contributed by atoms with Crippen LogP contribution in [-0.4, -0.2) is 17.9 Å². The first kappa shape index (κ1) is 36.4. The second kappa shape index (κ2) is 17.6. The molecule has 0 unspecified atom stereocenters. The van der Waals surface area contributed by atoms with E-state index in [1.807, 2.05) is 50.2 Å². The number of hydrogen-bond acceptors (Lipinski definition) is 6. The summed E-state index contributed by atoms with van der Waals surface area (Å²) < 4.78 is 16.4. The van der Waals surface area contributed by atoms with Crippen LogP contribution in [0.25, 0.3) is 0 Å². The largest absolute Gasteiger partial charge is 0.426 e. The Balaban J connectivity index is 0.000000192. The topological polar surface area (TPSA) is 78.9 Å². The highest BCUT2D eigenvalue weighted by Gasteiger charge is 2.33. The molecule has 0 radical (unpaired) electrons. The number of aryl methyl sites for hydroxylation is 2. The van der Waals surface area contributed by atoms with Gasteiger partial charge in [-0.15, -0.1) is 0 Å². The zero-order valence-corrected chi connectivity index (χ0v) is 29.8. The minimum absolute atomic E-state index is 0.0163. The predicted octanol–water partition coefficient (Wildman–Crippen LogP) is 10.5. The second-order valence-corrected chi connectivity index (χ2v) is 15.0. The van der Waals surface area contributed by atoms with Crippen molar-refractivity contribution in [3.63, 3.8) is 0 Å². The molecule has 0 saturated heterocycles. The summed E-state index contributed by atoms with van der Waals surface area (Å²) in [4.78, 5) is 36.8. The van der Waals surface area contributed by atoms with Crippen LogP contribution in [-0.2, 0) is 9.59 Å². The Morgan fingerprint density at radius 2 is 0.776 bits per heavy atom. The van der Waals surface area contributed by atoms with Crippen molar-refractivity contribution in [1.29, 1.82) is 0 Å². The second-order valence-electron chi connectivity index (χ2n) is 15.0. The molecule has 262 valence electrons. The van der Waals surface area contributed by atoms with Gasteiger partial charge in [0.15, 0.2) is 0 Å². The Bertz CT molecular complexity index is 1490. The Morgan fingerprint density at radius 3 is 1.20 bits per heavy atom. The molecule has 6 nitrogen and oxygen atoms in total. The third kappa shape index (κ3) is 11.0. The molecule has 0 spiro atoms. The van der Waals surface area contributed by atoms with Gasteiger partial charge in [-0.05, 0) is 150 Å². The van der Waals surface area contributed by atoms with Crippen LogP contribution in [0.1, 0.15) is 112 Å². The Labute approximate surface area is 292 Å². The van der Waals surface area contributed by atoms with E-state index in [2.05, 4.69) is 13.8 Å². The van der Waals surface area contributed by atoms with Crippen LogP contribution >= 0.6 is 0 Å². The number of esters is 3. The molecule has 0 amide bonds. The first-order valence-corrected chi connectivity index (χ1v) is 18.5. The Kier molecular flexibility index (Phi) is 13.1. The lowest BCUT2D eigenvalue weighted by molar-refractivity contribution is -0.141. The van der Waals surface area contributed by atoms with Gasteiger partial charge in [0, 0.05) is 0 Å². The van der Waals surface area contributed by atoms with Crippen LogP contribution in [0.2, 0.25) is 0 Å². The highest BCUT2D eigenvalue weighted by molar-refractivity contribution is 5.91. The fourth-order valence-corrected chi connectivity index (χ4v) is 7.52. The molecule has 6 heteroatoms. The van der Waals surface area contributed by atoms with Crippen molar-refractivity contribution >= 4 is 17.9 Å². The first-order chi connectivity index (χ1) is 23.6. The average molecular weight is 667 g/mol. The quantitative estimate of drug-likeness (QED) is 0.184. The standard InChI is InChI=1S/C22H24O4.C21H30O2/c1-15-3-7-17(8-4-15)21(23)26-20-13-9-18(10-14-20)22(24)25-19-11-5-16(2)6-12-19;1-15-3-7-17(8-4-15)18-9-11-19(12-10-18)21(22)23-20-13-5-16(2)6-14-20/h5-6,9-15,17H,3-4,7-8H2,1-2H3;5-6,13-15,17-19H,3-4,7-12H2,1-2H3. The van der Waals surface area contributed by atoms with Crippen molar-refractivity contribution in [2.45, 2.75) is 105 Å². The Morgan fingerprint density at radius 1 is 0.449 bits per heavy atom. The van der Waals surface area contributed by atoms with Gasteiger partial charge in [-0.25, -0.2) is 4.79 Å². The molecule has 3 aliphatic rings. The van der Waals surface area contributed by atoms with Crippen LogP contribution in [0.15, 0.2) is 72.8 Å². The van der Waals surface area contributed by atoms with Gasteiger partial charge in [0.05, 0.1) is 17.4 Å². The van der Waals surface area contributed by atoms with Crippen LogP contribution < -0.4 is 14.2 Å². The van der Waals surface area contributed by atoms with Crippen LogP contribution in [0.5, 0.6) is 17.2 Å². The molecule has 3 aromatic rings. The summed E-state index contributed by atoms with van der Waals surface area (Å²) in [6, 6.07) is 21.5. The van der Waals surface area contributed by atoms with E-state index < -0.39 is 5.97 Å². The molecule has 0 heterocycles. The van der Waals surface area contributed by atoms with Gasteiger partial charge >= 0.3 is 17.9 Å². The molecule has 6 rings (SSSR count). The fourth-order valence-electron chi connectivity index (χ4n) is 7.52. The lowest BCUT2D eigenvalue weighted by atomic mass is 9.69. The van der Waals surface area contributed by atoms with E-state index in [4.69, 9.17) is 14.2 Å². The number of carbonyl (C=O) groups excluding carboxylic acids is 3. The first-order valence-electron chi connectivity index (χ1n) is 18.5. The zero-order valence-electron chi connectivity index (χ0n) is 29.8. The van der Waals surface area contributed by atoms with Crippen LogP contribution in [0.3, 0.4) is 0 Å². The number of carbonyl (C=O) groups is 3. The number of benzene rings is 3. The van der Waals surface area contributed by atoms with Crippen molar-refractivity contribution < 1.29 is 28.6 Å². The smallest absolute Gasteiger partial charge is 0.343 e. The third-order valence-electron chi connectivity index (χ3n) is 11.0. The minimum atomic E-state index is -0.437. The summed E-state index contributed by atoms with van der Waals surface area (Å²) in [6.07, 6.45) is 14.0. The molecular weight excluding hydrogens is 612 g/mol. The van der Waals surface area contributed by atoms with Crippen molar-refractivity contribution in [2.24, 2.45) is 35.5 Å². The summed E-state index contributed by atoms with van der Waals surface area (Å²) in [5, 5.41) is 0. The van der Waals surface area contributed by atoms with E-state index in [0.29, 0.717) is 28.7 Å². The monoisotopic (exact) mass is 666 g/mol. The average Bonchev–Trinajstić information content (AvgIpc) is 3.11. The lowest BCUT2D eigenvalue weighted by Gasteiger charge is -2.36. The minimum Gasteiger partial charge on any atom is -0.426 e. The van der Waals surface area contributed by atoms with E-state index in [1.165, 1.54) is 44.1 Å². The highest BCUT2D eigenvalue weighted by atomic mass is 16.5. The molecular formula is C43H54O6. The molecule has 0 bridgehead atoms. The van der Waals surface area contributed by atoms with Crippen molar-refractivity contribution in [2.75, 3.05) is 0 Å². The molecule has 49 heavy (non-hydrogen) atoms. The molecule has 3 saturated carbocycles. The third-order valence-corrected chi connectivity index (χ3v) is 11.0. The van der Waals surface area contributed by atoms with Crippen molar-refractivity contribution in [3.8, 4) is 17.2 Å². The fraction of sp³-hybridized carbons (Fsp3) is 0.512. The van der Waals surface area contributed by atoms with E-state index in [9.17, 15) is 14.4 Å². The van der Waals surface area contributed by atoms with E-state index in [1.54, 1.807) is 36.4 Å². The summed E-state index contributed by atoms with van der Waals surface area (Å²) in [5.74, 6) is 4.49. The Hall–Kier alpha value is -3.93. The van der Waals surface area contributed by atoms with Gasteiger partial charge in [0.2, 0.25) is 0 Å². The van der Waals surface area contributed by atoms with E-state index >= 15 is 0 Å². The number of rotatable bonds is 7. The molecule has 3 aliphatic carbocycles. The SMILES string of the molecule is Cc1ccc(OC(=O)C2CCC(C3CCC(C)CC3)CC2)cc1.Cc1ccc(OC(=O)c2ccc(OC(=O)C3CCC(C)CC3)cc2)cc1. The molecule has 0 aromatic heterocycles. The molecule has 0 N–H and O–H groups in total. The number of hydrogen-bond donors (Lipinski definition) is 0. The number of ether oxygens (including phenoxy) is 3. The van der Waals surface area contributed by atoms with Gasteiger partial charge in [0.1, 0.15) is 17.2 Å². The van der Waals surface area contributed by atoms with Gasteiger partial charge < -0.3 is 14.2 Å². The summed E-state index contributed by atoms with van der Waals surface area (Å²) >= 11 is 0. The zero-order chi connectivity index (χ0) is 34.8. The predicted molar refractivity (Wildman–Crippen MR) is 193 cm³/mol. The molecule has 3 fully saturated rings. The maximum atomic E-state index is 12.4. The van der Waals surface area contributed by atoms with Crippen LogP contribution in [0.4, 0.5) is 0 Å². The van der Waals surface area contributed by atoms with E-state index in [-0.39, 0.29) is 23.8 Å². The van der Waals surface area contributed by atoms with E-state index in [0.717, 1.165) is 61.8 Å². The molecule has 0 aliphatic heterocycles. The molecule has 0 atom stereocenters. The maximum Gasteiger partial charge on any atom is 0.343 e. The maximum absolute atomic E-state index is 12.4. The van der Waals surface area contributed by atoms with Crippen LogP contribution in [0, 0.1) is 49.4 Å². The van der Waals surface area contributed by atoms with Gasteiger partial charge in [-0.3, -0.25) is 9.59 Å². The molecule has 3 aromatic carbocycles. The van der Waals surface area contributed by atoms with Gasteiger partial charge in [-0.1, -0.05) is 62.1 Å². The normalized spacial score (nSPS) is 25.2.